The van der Waals surface area contributed by atoms with Crippen molar-refractivity contribution in [2.75, 3.05) is 19.8 Å². The van der Waals surface area contributed by atoms with Crippen LogP contribution in [0, 0.1) is 0 Å². The molecule has 0 rings (SSSR count). The van der Waals surface area contributed by atoms with E-state index in [4.69, 9.17) is 24.7 Å². The van der Waals surface area contributed by atoms with Gasteiger partial charge in [-0.25, -0.2) is 0 Å². The van der Waals surface area contributed by atoms with Crippen molar-refractivity contribution in [3.05, 3.63) is 0 Å². The molecule has 16 heavy (non-hydrogen) atoms. The van der Waals surface area contributed by atoms with Crippen LogP contribution in [0.15, 0.2) is 0 Å². The van der Waals surface area contributed by atoms with E-state index in [1.165, 1.54) is 0 Å². The highest BCUT2D eigenvalue weighted by molar-refractivity contribution is 7.12. The second-order valence-corrected chi connectivity index (χ2v) is 8.72. The van der Waals surface area contributed by atoms with Crippen molar-refractivity contribution in [2.24, 2.45) is 0 Å². The standard InChI is InChI=1S/C11H25ClO3Si/c1-6-14-16(12,15-7-2)10-8-9-13-11(3,4)5/h6-10H2,1-5H3. The van der Waals surface area contributed by atoms with Crippen molar-refractivity contribution >= 4 is 18.9 Å². The topological polar surface area (TPSA) is 27.7 Å². The van der Waals surface area contributed by atoms with E-state index in [1.54, 1.807) is 0 Å². The minimum atomic E-state index is -2.45. The van der Waals surface area contributed by atoms with Gasteiger partial charge in [0.05, 0.1) is 5.60 Å². The lowest BCUT2D eigenvalue weighted by Crippen LogP contribution is -2.36. The van der Waals surface area contributed by atoms with Gasteiger partial charge in [0.15, 0.2) is 0 Å². The molecule has 0 aromatic carbocycles. The summed E-state index contributed by atoms with van der Waals surface area (Å²) in [4.78, 5) is 0. The molecule has 0 aliphatic rings. The van der Waals surface area contributed by atoms with Crippen LogP contribution in [0.2, 0.25) is 6.04 Å². The first-order valence-electron chi connectivity index (χ1n) is 5.94. The monoisotopic (exact) mass is 268 g/mol. The van der Waals surface area contributed by atoms with Crippen molar-refractivity contribution < 1.29 is 13.6 Å². The van der Waals surface area contributed by atoms with E-state index < -0.39 is 7.87 Å². The lowest BCUT2D eigenvalue weighted by Gasteiger charge is -2.24. The van der Waals surface area contributed by atoms with Crippen LogP contribution in [-0.4, -0.2) is 33.3 Å². The van der Waals surface area contributed by atoms with Gasteiger partial charge >= 0.3 is 7.87 Å². The van der Waals surface area contributed by atoms with Crippen LogP contribution in [0.25, 0.3) is 0 Å². The van der Waals surface area contributed by atoms with Crippen LogP contribution in [0.5, 0.6) is 0 Å². The third-order valence-electron chi connectivity index (χ3n) is 1.87. The molecule has 0 N–H and O–H groups in total. The SMILES string of the molecule is CCO[Si](Cl)(CCCOC(C)(C)C)OCC. The fraction of sp³-hybridized carbons (Fsp3) is 1.00. The maximum Gasteiger partial charge on any atom is 0.443 e. The summed E-state index contributed by atoms with van der Waals surface area (Å²) >= 11 is 6.33. The summed E-state index contributed by atoms with van der Waals surface area (Å²) in [6, 6.07) is 0.770. The zero-order chi connectivity index (χ0) is 12.7. The Balaban J connectivity index is 3.84. The molecule has 3 nitrogen and oxygen atoms in total. The Bertz CT molecular complexity index is 177. The number of halogens is 1. The molecule has 0 bridgehead atoms. The van der Waals surface area contributed by atoms with Crippen molar-refractivity contribution in [2.45, 2.75) is 52.7 Å². The fourth-order valence-electron chi connectivity index (χ4n) is 1.28. The molecule has 0 heterocycles. The van der Waals surface area contributed by atoms with Gasteiger partial charge in [0.25, 0.3) is 0 Å². The van der Waals surface area contributed by atoms with Gasteiger partial charge < -0.3 is 13.6 Å². The minimum absolute atomic E-state index is 0.0895. The maximum atomic E-state index is 6.33. The highest BCUT2D eigenvalue weighted by Crippen LogP contribution is 2.21. The number of ether oxygens (including phenoxy) is 1. The van der Waals surface area contributed by atoms with Crippen LogP contribution < -0.4 is 0 Å². The van der Waals surface area contributed by atoms with E-state index in [9.17, 15) is 0 Å². The predicted octanol–water partition coefficient (Wildman–Crippen LogP) is 3.44. The molecule has 0 spiro atoms. The average molecular weight is 269 g/mol. The average Bonchev–Trinajstić information content (AvgIpc) is 2.12. The van der Waals surface area contributed by atoms with Crippen LogP contribution in [0.1, 0.15) is 41.0 Å². The van der Waals surface area contributed by atoms with Gasteiger partial charge in [-0.2, -0.15) is 0 Å². The van der Waals surface area contributed by atoms with Crippen LogP contribution in [-0.2, 0) is 13.6 Å². The van der Waals surface area contributed by atoms with E-state index in [1.807, 2.05) is 34.6 Å². The predicted molar refractivity (Wildman–Crippen MR) is 70.0 cm³/mol. The van der Waals surface area contributed by atoms with Gasteiger partial charge in [-0.15, -0.1) is 0 Å². The second-order valence-electron chi connectivity index (χ2n) is 4.59. The molecule has 0 aliphatic carbocycles. The van der Waals surface area contributed by atoms with E-state index in [0.717, 1.165) is 12.5 Å². The first kappa shape index (κ1) is 16.4. The number of rotatable bonds is 8. The Morgan fingerprint density at radius 2 is 1.56 bits per heavy atom. The molecule has 0 saturated carbocycles. The molecular formula is C11H25ClO3Si. The van der Waals surface area contributed by atoms with Crippen molar-refractivity contribution in [1.82, 2.24) is 0 Å². The highest BCUT2D eigenvalue weighted by Gasteiger charge is 2.34. The molecule has 0 aromatic rings. The highest BCUT2D eigenvalue weighted by atomic mass is 35.6. The van der Waals surface area contributed by atoms with E-state index >= 15 is 0 Å². The van der Waals surface area contributed by atoms with Crippen LogP contribution in [0.3, 0.4) is 0 Å². The smallest absolute Gasteiger partial charge is 0.383 e. The van der Waals surface area contributed by atoms with Crippen LogP contribution in [0.4, 0.5) is 0 Å². The number of hydrogen-bond acceptors (Lipinski definition) is 3. The van der Waals surface area contributed by atoms with E-state index in [-0.39, 0.29) is 5.60 Å². The zero-order valence-electron chi connectivity index (χ0n) is 11.1. The Morgan fingerprint density at radius 3 is 1.94 bits per heavy atom. The molecule has 0 aromatic heterocycles. The molecule has 0 radical (unpaired) electrons. The lowest BCUT2D eigenvalue weighted by molar-refractivity contribution is -0.00321. The lowest BCUT2D eigenvalue weighted by atomic mass is 10.2. The minimum Gasteiger partial charge on any atom is -0.383 e. The number of hydrogen-bond donors (Lipinski definition) is 0. The second kappa shape index (κ2) is 7.66. The van der Waals surface area contributed by atoms with Crippen LogP contribution >= 0.6 is 11.1 Å². The molecule has 5 heteroatoms. The summed E-state index contributed by atoms with van der Waals surface area (Å²) in [5, 5.41) is 0. The van der Waals surface area contributed by atoms with E-state index in [2.05, 4.69) is 0 Å². The fourth-order valence-corrected chi connectivity index (χ4v) is 4.14. The third-order valence-corrected chi connectivity index (χ3v) is 5.49. The summed E-state index contributed by atoms with van der Waals surface area (Å²) in [5.74, 6) is 0. The Hall–Kier alpha value is 0.387. The molecular weight excluding hydrogens is 244 g/mol. The summed E-state index contributed by atoms with van der Waals surface area (Å²) < 4.78 is 16.7. The van der Waals surface area contributed by atoms with Gasteiger partial charge in [0.2, 0.25) is 0 Å². The molecule has 0 unspecified atom stereocenters. The van der Waals surface area contributed by atoms with Crippen molar-refractivity contribution in [3.63, 3.8) is 0 Å². The molecule has 0 fully saturated rings. The van der Waals surface area contributed by atoms with Crippen molar-refractivity contribution in [1.29, 1.82) is 0 Å². The van der Waals surface area contributed by atoms with Crippen molar-refractivity contribution in [3.8, 4) is 0 Å². The summed E-state index contributed by atoms with van der Waals surface area (Å²) in [7, 11) is -2.45. The third kappa shape index (κ3) is 8.53. The van der Waals surface area contributed by atoms with E-state index in [0.29, 0.717) is 19.8 Å². The summed E-state index contributed by atoms with van der Waals surface area (Å²) in [5.41, 5.74) is -0.0895. The zero-order valence-corrected chi connectivity index (χ0v) is 12.9. The Morgan fingerprint density at radius 1 is 1.06 bits per heavy atom. The van der Waals surface area contributed by atoms with Gasteiger partial charge in [-0.3, -0.25) is 0 Å². The molecule has 0 atom stereocenters. The molecule has 98 valence electrons. The van der Waals surface area contributed by atoms with Gasteiger partial charge in [0.1, 0.15) is 0 Å². The van der Waals surface area contributed by atoms with Gasteiger partial charge in [-0.1, -0.05) is 11.1 Å². The first-order valence-corrected chi connectivity index (χ1v) is 8.97. The maximum absolute atomic E-state index is 6.33. The van der Waals surface area contributed by atoms with Gasteiger partial charge in [0, 0.05) is 25.9 Å². The normalized spacial score (nSPS) is 13.1. The summed E-state index contributed by atoms with van der Waals surface area (Å²) in [6.45, 7) is 11.9. The Kier molecular flexibility index (Phi) is 7.85. The van der Waals surface area contributed by atoms with Gasteiger partial charge in [-0.05, 0) is 41.0 Å². The molecule has 0 saturated heterocycles. The quantitative estimate of drug-likeness (QED) is 0.383. The largest absolute Gasteiger partial charge is 0.443 e. The first-order chi connectivity index (χ1) is 7.33. The molecule has 0 aliphatic heterocycles. The Labute approximate surface area is 105 Å². The summed E-state index contributed by atoms with van der Waals surface area (Å²) in [6.07, 6.45) is 0.882. The molecule has 0 amide bonds.